The number of piperazine rings is 1. The third kappa shape index (κ3) is 2.16. The minimum absolute atomic E-state index is 0.329. The van der Waals surface area contributed by atoms with Gasteiger partial charge in [-0.05, 0) is 13.5 Å². The Morgan fingerprint density at radius 1 is 1.40 bits per heavy atom. The summed E-state index contributed by atoms with van der Waals surface area (Å²) in [6, 6.07) is 1.19. The van der Waals surface area contributed by atoms with E-state index in [-0.39, 0.29) is 0 Å². The van der Waals surface area contributed by atoms with Crippen LogP contribution in [0.2, 0.25) is 0 Å². The quantitative estimate of drug-likeness (QED) is 0.705. The highest BCUT2D eigenvalue weighted by atomic mass is 16.2. The lowest BCUT2D eigenvalue weighted by Crippen LogP contribution is -2.49. The minimum Gasteiger partial charge on any atom is -0.337 e. The molecule has 1 saturated heterocycles. The van der Waals surface area contributed by atoms with Gasteiger partial charge in [0.15, 0.2) is 0 Å². The van der Waals surface area contributed by atoms with Crippen molar-refractivity contribution in [3.8, 4) is 0 Å². The van der Waals surface area contributed by atoms with Crippen molar-refractivity contribution in [2.45, 2.75) is 31.8 Å². The van der Waals surface area contributed by atoms with Crippen LogP contribution in [0.1, 0.15) is 19.8 Å². The second-order valence-corrected chi connectivity index (χ2v) is 4.45. The summed E-state index contributed by atoms with van der Waals surface area (Å²) in [5.74, 6) is 0.329. The van der Waals surface area contributed by atoms with Gasteiger partial charge in [-0.25, -0.2) is 0 Å². The molecule has 4 heteroatoms. The number of fused-ring (bicyclic) bond motifs is 1. The van der Waals surface area contributed by atoms with Gasteiger partial charge in [0.2, 0.25) is 5.91 Å². The largest absolute Gasteiger partial charge is 0.337 e. The van der Waals surface area contributed by atoms with Crippen molar-refractivity contribution in [2.24, 2.45) is 0 Å². The van der Waals surface area contributed by atoms with Crippen molar-refractivity contribution >= 4 is 5.91 Å². The first-order valence-corrected chi connectivity index (χ1v) is 5.96. The van der Waals surface area contributed by atoms with Crippen molar-refractivity contribution in [2.75, 3.05) is 33.2 Å². The lowest BCUT2D eigenvalue weighted by Gasteiger charge is -2.34. The van der Waals surface area contributed by atoms with Crippen molar-refractivity contribution in [3.63, 3.8) is 0 Å². The first-order chi connectivity index (χ1) is 7.27. The molecule has 0 radical (unpaired) electrons. The van der Waals surface area contributed by atoms with Crippen LogP contribution in [0.5, 0.6) is 0 Å². The van der Waals surface area contributed by atoms with E-state index in [0.29, 0.717) is 24.4 Å². The van der Waals surface area contributed by atoms with Crippen LogP contribution in [0.25, 0.3) is 0 Å². The van der Waals surface area contributed by atoms with Crippen molar-refractivity contribution in [1.82, 2.24) is 15.1 Å². The highest BCUT2D eigenvalue weighted by molar-refractivity contribution is 5.76. The predicted octanol–water partition coefficient (Wildman–Crippen LogP) is -0.0991. The average molecular weight is 211 g/mol. The van der Waals surface area contributed by atoms with Crippen LogP contribution < -0.4 is 5.32 Å². The van der Waals surface area contributed by atoms with Gasteiger partial charge in [-0.15, -0.1) is 0 Å². The number of likely N-dealkylation sites (N-methyl/N-ethyl adjacent to an activating group) is 1. The van der Waals surface area contributed by atoms with E-state index in [1.54, 1.807) is 0 Å². The fourth-order valence-electron chi connectivity index (χ4n) is 2.51. The number of nitrogens with zero attached hydrogens (tertiary/aromatic N) is 2. The van der Waals surface area contributed by atoms with Gasteiger partial charge in [-0.1, -0.05) is 6.92 Å². The summed E-state index contributed by atoms with van der Waals surface area (Å²) >= 11 is 0. The van der Waals surface area contributed by atoms with Gasteiger partial charge < -0.3 is 10.2 Å². The molecule has 2 rings (SSSR count). The normalized spacial score (nSPS) is 30.1. The van der Waals surface area contributed by atoms with Crippen LogP contribution in [0.4, 0.5) is 0 Å². The zero-order valence-corrected chi connectivity index (χ0v) is 9.70. The Balaban J connectivity index is 1.84. The molecule has 1 aliphatic carbocycles. The molecule has 1 heterocycles. The number of hydrogen-bond donors (Lipinski definition) is 1. The van der Waals surface area contributed by atoms with Crippen LogP contribution in [0.15, 0.2) is 0 Å². The van der Waals surface area contributed by atoms with Gasteiger partial charge in [-0.2, -0.15) is 0 Å². The molecule has 0 aromatic heterocycles. The van der Waals surface area contributed by atoms with E-state index in [4.69, 9.17) is 0 Å². The number of hydrogen-bond acceptors (Lipinski definition) is 3. The summed E-state index contributed by atoms with van der Waals surface area (Å²) in [6.45, 7) is 6.09. The van der Waals surface area contributed by atoms with Crippen molar-refractivity contribution < 1.29 is 4.79 Å². The summed E-state index contributed by atoms with van der Waals surface area (Å²) in [5, 5.41) is 3.18. The highest BCUT2D eigenvalue weighted by Gasteiger charge is 2.49. The lowest BCUT2D eigenvalue weighted by molar-refractivity contribution is -0.133. The van der Waals surface area contributed by atoms with Crippen LogP contribution in [-0.2, 0) is 4.79 Å². The van der Waals surface area contributed by atoms with Gasteiger partial charge in [0.1, 0.15) is 0 Å². The number of nitrogens with one attached hydrogen (secondary N) is 1. The van der Waals surface area contributed by atoms with Crippen molar-refractivity contribution in [3.05, 3.63) is 0 Å². The maximum atomic E-state index is 11.6. The molecule has 0 spiro atoms. The zero-order chi connectivity index (χ0) is 10.8. The summed E-state index contributed by atoms with van der Waals surface area (Å²) in [4.78, 5) is 16.2. The molecule has 4 nitrogen and oxygen atoms in total. The molecule has 2 fully saturated rings. The van der Waals surface area contributed by atoms with E-state index >= 15 is 0 Å². The fourth-order valence-corrected chi connectivity index (χ4v) is 2.51. The van der Waals surface area contributed by atoms with Crippen LogP contribution in [-0.4, -0.2) is 61.0 Å². The zero-order valence-electron chi connectivity index (χ0n) is 9.70. The summed E-state index contributed by atoms with van der Waals surface area (Å²) in [5.41, 5.74) is 0. The van der Waals surface area contributed by atoms with E-state index < -0.39 is 0 Å². The molecule has 0 bridgehead atoms. The molecule has 1 amide bonds. The third-order valence-corrected chi connectivity index (χ3v) is 3.49. The molecule has 86 valence electrons. The number of amides is 1. The molecular formula is C11H21N3O. The van der Waals surface area contributed by atoms with Crippen LogP contribution in [0, 0.1) is 0 Å². The van der Waals surface area contributed by atoms with Gasteiger partial charge in [0.25, 0.3) is 0 Å². The third-order valence-electron chi connectivity index (χ3n) is 3.49. The standard InChI is InChI=1S/C11H21N3O/c1-3-11(15)14-7-6-13(5-4-12-2)9-8-10(9)14/h9-10,12H,3-8H2,1-2H3. The maximum Gasteiger partial charge on any atom is 0.222 e. The monoisotopic (exact) mass is 211 g/mol. The first kappa shape index (κ1) is 10.9. The second kappa shape index (κ2) is 4.49. The number of carbonyl (C=O) groups is 1. The fraction of sp³-hybridized carbons (Fsp3) is 0.909. The van der Waals surface area contributed by atoms with E-state index in [1.165, 1.54) is 6.42 Å². The van der Waals surface area contributed by atoms with Crippen LogP contribution in [0.3, 0.4) is 0 Å². The second-order valence-electron chi connectivity index (χ2n) is 4.45. The molecule has 15 heavy (non-hydrogen) atoms. The molecule has 1 N–H and O–H groups in total. The van der Waals surface area contributed by atoms with E-state index in [9.17, 15) is 4.79 Å². The number of carbonyl (C=O) groups excluding carboxylic acids is 1. The Morgan fingerprint density at radius 3 is 2.87 bits per heavy atom. The Morgan fingerprint density at radius 2 is 2.20 bits per heavy atom. The van der Waals surface area contributed by atoms with Crippen LogP contribution >= 0.6 is 0 Å². The molecular weight excluding hydrogens is 190 g/mol. The summed E-state index contributed by atoms with van der Waals surface area (Å²) in [7, 11) is 1.99. The van der Waals surface area contributed by atoms with E-state index in [0.717, 1.165) is 26.2 Å². The molecule has 0 aromatic carbocycles. The Labute approximate surface area is 91.6 Å². The van der Waals surface area contributed by atoms with Gasteiger partial charge in [0, 0.05) is 44.7 Å². The molecule has 1 saturated carbocycles. The molecule has 0 aromatic rings. The molecule has 2 aliphatic rings. The Kier molecular flexibility index (Phi) is 3.26. The van der Waals surface area contributed by atoms with Gasteiger partial charge >= 0.3 is 0 Å². The molecule has 1 aliphatic heterocycles. The molecule has 2 atom stereocenters. The highest BCUT2D eigenvalue weighted by Crippen LogP contribution is 2.36. The predicted molar refractivity (Wildman–Crippen MR) is 59.7 cm³/mol. The first-order valence-electron chi connectivity index (χ1n) is 5.96. The summed E-state index contributed by atoms with van der Waals surface area (Å²) < 4.78 is 0. The Hall–Kier alpha value is -0.610. The van der Waals surface area contributed by atoms with Crippen molar-refractivity contribution in [1.29, 1.82) is 0 Å². The number of rotatable bonds is 4. The summed E-state index contributed by atoms with van der Waals surface area (Å²) in [6.07, 6.45) is 1.84. The molecule has 2 unspecified atom stereocenters. The minimum atomic E-state index is 0.329. The topological polar surface area (TPSA) is 35.6 Å². The maximum absolute atomic E-state index is 11.6. The van der Waals surface area contributed by atoms with E-state index in [1.807, 2.05) is 14.0 Å². The SMILES string of the molecule is CCC(=O)N1CCN(CCNC)C2CC21. The van der Waals surface area contributed by atoms with Gasteiger partial charge in [0.05, 0.1) is 0 Å². The van der Waals surface area contributed by atoms with Gasteiger partial charge in [-0.3, -0.25) is 9.69 Å². The Bertz CT molecular complexity index is 244. The lowest BCUT2D eigenvalue weighted by atomic mass is 10.3. The smallest absolute Gasteiger partial charge is 0.222 e. The average Bonchev–Trinajstić information content (AvgIpc) is 3.04. The van der Waals surface area contributed by atoms with E-state index in [2.05, 4.69) is 15.1 Å².